The number of esters is 1. The van der Waals surface area contributed by atoms with E-state index in [4.69, 9.17) is 9.47 Å². The molecule has 0 aliphatic heterocycles. The molecule has 1 aromatic carbocycles. The van der Waals surface area contributed by atoms with Crippen LogP contribution in [0.5, 0.6) is 5.75 Å². The maximum Gasteiger partial charge on any atom is 0.358 e. The van der Waals surface area contributed by atoms with E-state index in [1.54, 1.807) is 5.51 Å². The van der Waals surface area contributed by atoms with Gasteiger partial charge in [-0.1, -0.05) is 12.1 Å². The van der Waals surface area contributed by atoms with Crippen LogP contribution in [0.25, 0.3) is 10.4 Å². The molecule has 0 aliphatic rings. The average Bonchev–Trinajstić information content (AvgIpc) is 2.88. The molecule has 0 saturated heterocycles. The number of methoxy groups -OCH3 is 1. The molecule has 0 saturated carbocycles. The number of ether oxygens (including phenoxy) is 2. The maximum absolute atomic E-state index is 11.6. The first-order chi connectivity index (χ1) is 8.76. The summed E-state index contributed by atoms with van der Waals surface area (Å²) in [5, 5.41) is 0. The first-order valence-electron chi connectivity index (χ1n) is 5.51. The van der Waals surface area contributed by atoms with Crippen molar-refractivity contribution in [2.75, 3.05) is 13.7 Å². The van der Waals surface area contributed by atoms with Crippen LogP contribution in [-0.4, -0.2) is 24.7 Å². The lowest BCUT2D eigenvalue weighted by atomic mass is 10.1. The van der Waals surface area contributed by atoms with Gasteiger partial charge in [-0.05, 0) is 24.6 Å². The molecule has 2 aromatic rings. The number of benzene rings is 1. The molecule has 0 amide bonds. The topological polar surface area (TPSA) is 48.4 Å². The summed E-state index contributed by atoms with van der Waals surface area (Å²) in [5.74, 6) is 0.354. The van der Waals surface area contributed by atoms with Gasteiger partial charge in [0.1, 0.15) is 5.75 Å². The molecule has 4 nitrogen and oxygen atoms in total. The number of nitrogens with zero attached hydrogens (tertiary/aromatic N) is 1. The van der Waals surface area contributed by atoms with Gasteiger partial charge in [-0.2, -0.15) is 0 Å². The summed E-state index contributed by atoms with van der Waals surface area (Å²) in [7, 11) is 1.35. The van der Waals surface area contributed by atoms with Crippen LogP contribution in [0.3, 0.4) is 0 Å². The van der Waals surface area contributed by atoms with Crippen LogP contribution in [0.4, 0.5) is 0 Å². The molecule has 0 aliphatic carbocycles. The molecule has 2 rings (SSSR count). The Morgan fingerprint density at radius 2 is 2.28 bits per heavy atom. The first kappa shape index (κ1) is 12.6. The van der Waals surface area contributed by atoms with Crippen molar-refractivity contribution >= 4 is 17.3 Å². The molecule has 18 heavy (non-hydrogen) atoms. The Kier molecular flexibility index (Phi) is 3.94. The van der Waals surface area contributed by atoms with Gasteiger partial charge >= 0.3 is 5.97 Å². The van der Waals surface area contributed by atoms with Crippen LogP contribution in [0.1, 0.15) is 17.4 Å². The van der Waals surface area contributed by atoms with Gasteiger partial charge in [0.05, 0.1) is 24.1 Å². The quantitative estimate of drug-likeness (QED) is 0.796. The molecule has 0 atom stereocenters. The number of rotatable bonds is 4. The number of hydrogen-bond acceptors (Lipinski definition) is 5. The van der Waals surface area contributed by atoms with E-state index >= 15 is 0 Å². The van der Waals surface area contributed by atoms with E-state index in [2.05, 4.69) is 4.98 Å². The number of aromatic nitrogens is 1. The highest BCUT2D eigenvalue weighted by Gasteiger charge is 2.16. The average molecular weight is 263 g/mol. The van der Waals surface area contributed by atoms with Crippen LogP contribution in [0.15, 0.2) is 29.8 Å². The van der Waals surface area contributed by atoms with E-state index in [0.717, 1.165) is 16.2 Å². The summed E-state index contributed by atoms with van der Waals surface area (Å²) in [4.78, 5) is 16.4. The summed E-state index contributed by atoms with van der Waals surface area (Å²) < 4.78 is 10.1. The van der Waals surface area contributed by atoms with Gasteiger partial charge in [0.25, 0.3) is 0 Å². The lowest BCUT2D eigenvalue weighted by molar-refractivity contribution is 0.0596. The minimum atomic E-state index is -0.423. The highest BCUT2D eigenvalue weighted by molar-refractivity contribution is 7.13. The highest BCUT2D eigenvalue weighted by Crippen LogP contribution is 2.30. The third kappa shape index (κ3) is 2.51. The third-order valence-corrected chi connectivity index (χ3v) is 3.23. The Morgan fingerprint density at radius 1 is 1.44 bits per heavy atom. The Morgan fingerprint density at radius 3 is 3.00 bits per heavy atom. The normalized spacial score (nSPS) is 10.1. The molecule has 0 bridgehead atoms. The molecule has 0 unspecified atom stereocenters. The van der Waals surface area contributed by atoms with Crippen molar-refractivity contribution in [2.45, 2.75) is 6.92 Å². The van der Waals surface area contributed by atoms with Crippen molar-refractivity contribution in [2.24, 2.45) is 0 Å². The van der Waals surface area contributed by atoms with Gasteiger partial charge in [-0.3, -0.25) is 0 Å². The molecular weight excluding hydrogens is 250 g/mol. The standard InChI is InChI=1S/C13H13NO3S/c1-3-17-10-6-4-5-9(7-10)12-11(13(15)16-2)14-8-18-12/h4-8H,3H2,1-2H3. The molecule has 0 radical (unpaired) electrons. The second-order valence-corrected chi connectivity index (χ2v) is 4.34. The summed E-state index contributed by atoms with van der Waals surface area (Å²) in [6, 6.07) is 7.58. The van der Waals surface area contributed by atoms with Crippen LogP contribution in [-0.2, 0) is 4.74 Å². The molecule has 0 fully saturated rings. The minimum absolute atomic E-state index is 0.344. The van der Waals surface area contributed by atoms with Gasteiger partial charge < -0.3 is 9.47 Å². The van der Waals surface area contributed by atoms with Gasteiger partial charge in [0.2, 0.25) is 0 Å². The second kappa shape index (κ2) is 5.64. The number of hydrogen-bond donors (Lipinski definition) is 0. The fourth-order valence-corrected chi connectivity index (χ4v) is 2.36. The fourth-order valence-electron chi connectivity index (χ4n) is 1.59. The molecule has 0 spiro atoms. The molecule has 1 heterocycles. The van der Waals surface area contributed by atoms with Crippen molar-refractivity contribution < 1.29 is 14.3 Å². The zero-order chi connectivity index (χ0) is 13.0. The Labute approximate surface area is 109 Å². The summed E-state index contributed by atoms with van der Waals surface area (Å²) in [5.41, 5.74) is 2.88. The first-order valence-corrected chi connectivity index (χ1v) is 6.39. The van der Waals surface area contributed by atoms with E-state index in [1.807, 2.05) is 31.2 Å². The second-order valence-electron chi connectivity index (χ2n) is 3.48. The van der Waals surface area contributed by atoms with Crippen molar-refractivity contribution in [3.8, 4) is 16.2 Å². The largest absolute Gasteiger partial charge is 0.494 e. The molecule has 0 N–H and O–H groups in total. The predicted octanol–water partition coefficient (Wildman–Crippen LogP) is 3.00. The predicted molar refractivity (Wildman–Crippen MR) is 70.1 cm³/mol. The molecular formula is C13H13NO3S. The minimum Gasteiger partial charge on any atom is -0.494 e. The number of carbonyl (C=O) groups excluding carboxylic acids is 1. The Hall–Kier alpha value is -1.88. The molecule has 94 valence electrons. The zero-order valence-corrected chi connectivity index (χ0v) is 11.0. The monoisotopic (exact) mass is 263 g/mol. The van der Waals surface area contributed by atoms with Crippen LogP contribution >= 0.6 is 11.3 Å². The lowest BCUT2D eigenvalue weighted by Gasteiger charge is -2.05. The van der Waals surface area contributed by atoms with Crippen molar-refractivity contribution in [3.63, 3.8) is 0 Å². The fraction of sp³-hybridized carbons (Fsp3) is 0.231. The maximum atomic E-state index is 11.6. The Bertz CT molecular complexity index is 551. The lowest BCUT2D eigenvalue weighted by Crippen LogP contribution is -2.03. The third-order valence-electron chi connectivity index (χ3n) is 2.35. The van der Waals surface area contributed by atoms with Gasteiger partial charge in [-0.25, -0.2) is 9.78 Å². The van der Waals surface area contributed by atoms with E-state index in [9.17, 15) is 4.79 Å². The van der Waals surface area contributed by atoms with Crippen LogP contribution in [0.2, 0.25) is 0 Å². The smallest absolute Gasteiger partial charge is 0.358 e. The van der Waals surface area contributed by atoms with Crippen molar-refractivity contribution in [3.05, 3.63) is 35.5 Å². The van der Waals surface area contributed by atoms with Gasteiger partial charge in [-0.15, -0.1) is 11.3 Å². The summed E-state index contributed by atoms with van der Waals surface area (Å²) in [6.07, 6.45) is 0. The zero-order valence-electron chi connectivity index (χ0n) is 10.2. The van der Waals surface area contributed by atoms with Crippen molar-refractivity contribution in [1.82, 2.24) is 4.98 Å². The highest BCUT2D eigenvalue weighted by atomic mass is 32.1. The van der Waals surface area contributed by atoms with E-state index < -0.39 is 5.97 Å². The van der Waals surface area contributed by atoms with E-state index in [-0.39, 0.29) is 0 Å². The summed E-state index contributed by atoms with van der Waals surface area (Å²) >= 11 is 1.41. The number of carbonyl (C=O) groups is 1. The van der Waals surface area contributed by atoms with Crippen LogP contribution < -0.4 is 4.74 Å². The van der Waals surface area contributed by atoms with E-state index in [0.29, 0.717) is 12.3 Å². The summed E-state index contributed by atoms with van der Waals surface area (Å²) in [6.45, 7) is 2.54. The SMILES string of the molecule is CCOc1cccc(-c2scnc2C(=O)OC)c1. The van der Waals surface area contributed by atoms with Crippen LogP contribution in [0, 0.1) is 0 Å². The van der Waals surface area contributed by atoms with Gasteiger partial charge in [0.15, 0.2) is 5.69 Å². The Balaban J connectivity index is 2.39. The van der Waals surface area contributed by atoms with E-state index in [1.165, 1.54) is 18.4 Å². The van der Waals surface area contributed by atoms with Gasteiger partial charge in [0, 0.05) is 0 Å². The molecule has 5 heteroatoms. The van der Waals surface area contributed by atoms with Crippen molar-refractivity contribution in [1.29, 1.82) is 0 Å². The molecule has 1 aromatic heterocycles. The number of thiazole rings is 1.